The number of rotatable bonds is 10. The summed E-state index contributed by atoms with van der Waals surface area (Å²) in [6.45, 7) is -0.798. The van der Waals surface area contributed by atoms with Crippen molar-refractivity contribution in [3.8, 4) is 5.75 Å². The molecular formula is C23H25ClN2O6S2. The summed E-state index contributed by atoms with van der Waals surface area (Å²) >= 11 is 5.91. The van der Waals surface area contributed by atoms with Gasteiger partial charge in [0.25, 0.3) is 10.0 Å². The van der Waals surface area contributed by atoms with E-state index in [4.69, 9.17) is 16.3 Å². The Kier molecular flexibility index (Phi) is 8.09. The third kappa shape index (κ3) is 6.01. The van der Waals surface area contributed by atoms with E-state index in [0.717, 1.165) is 14.9 Å². The van der Waals surface area contributed by atoms with Crippen LogP contribution < -0.4 is 13.3 Å². The second-order valence-corrected chi connectivity index (χ2v) is 11.7. The minimum atomic E-state index is -4.12. The van der Waals surface area contributed by atoms with Crippen LogP contribution in [0.1, 0.15) is 0 Å². The van der Waals surface area contributed by atoms with Gasteiger partial charge >= 0.3 is 0 Å². The molecule has 3 aromatic rings. The van der Waals surface area contributed by atoms with Crippen LogP contribution in [0.5, 0.6) is 5.75 Å². The number of hydrogen-bond donors (Lipinski definition) is 1. The highest BCUT2D eigenvalue weighted by molar-refractivity contribution is 7.93. The molecule has 11 heteroatoms. The predicted octanol–water partition coefficient (Wildman–Crippen LogP) is 3.37. The predicted molar refractivity (Wildman–Crippen MR) is 134 cm³/mol. The van der Waals surface area contributed by atoms with Gasteiger partial charge in [-0.15, -0.1) is 0 Å². The summed E-state index contributed by atoms with van der Waals surface area (Å²) in [6.07, 6.45) is -0.374. The number of methoxy groups -OCH3 is 1. The Hall–Kier alpha value is -2.79. The lowest BCUT2D eigenvalue weighted by Crippen LogP contribution is -2.44. The normalized spacial score (nSPS) is 12.7. The SMILES string of the molecule is COc1ccccc1N(CC(O)CN(c1ccc(Cl)cc1)S(C)(=O)=O)S(=O)(=O)c1ccccc1. The monoisotopic (exact) mass is 524 g/mol. The van der Waals surface area contributed by atoms with Crippen LogP contribution in [0.3, 0.4) is 0 Å². The summed E-state index contributed by atoms with van der Waals surface area (Å²) in [5, 5.41) is 11.4. The molecule has 0 bridgehead atoms. The van der Waals surface area contributed by atoms with Crippen molar-refractivity contribution in [1.29, 1.82) is 0 Å². The number of sulfonamides is 2. The maximum absolute atomic E-state index is 13.5. The largest absolute Gasteiger partial charge is 0.495 e. The topological polar surface area (TPSA) is 104 Å². The Morgan fingerprint density at radius 2 is 1.41 bits per heavy atom. The molecule has 0 radical (unpaired) electrons. The van der Waals surface area contributed by atoms with E-state index in [2.05, 4.69) is 0 Å². The second kappa shape index (κ2) is 10.6. The van der Waals surface area contributed by atoms with Crippen LogP contribution in [0.4, 0.5) is 11.4 Å². The lowest BCUT2D eigenvalue weighted by molar-refractivity contribution is 0.193. The first-order valence-electron chi connectivity index (χ1n) is 10.2. The molecule has 0 aliphatic carbocycles. The molecule has 0 saturated carbocycles. The van der Waals surface area contributed by atoms with Crippen molar-refractivity contribution < 1.29 is 26.7 Å². The lowest BCUT2D eigenvalue weighted by atomic mass is 10.2. The zero-order valence-electron chi connectivity index (χ0n) is 18.6. The number of anilines is 2. The highest BCUT2D eigenvalue weighted by atomic mass is 35.5. The molecule has 0 aliphatic rings. The van der Waals surface area contributed by atoms with Crippen LogP contribution in [0.15, 0.2) is 83.8 Å². The molecule has 1 unspecified atom stereocenters. The number of halogens is 1. The van der Waals surface area contributed by atoms with Gasteiger partial charge < -0.3 is 9.84 Å². The number of para-hydroxylation sites is 2. The van der Waals surface area contributed by atoms with Crippen molar-refractivity contribution in [3.63, 3.8) is 0 Å². The van der Waals surface area contributed by atoms with Crippen LogP contribution in [0, 0.1) is 0 Å². The van der Waals surface area contributed by atoms with Crippen LogP contribution in [0.25, 0.3) is 0 Å². The fourth-order valence-corrected chi connectivity index (χ4v) is 5.97. The Morgan fingerprint density at radius 3 is 2.00 bits per heavy atom. The third-order valence-corrected chi connectivity index (χ3v) is 8.16. The minimum Gasteiger partial charge on any atom is -0.495 e. The van der Waals surface area contributed by atoms with E-state index in [9.17, 15) is 21.9 Å². The third-order valence-electron chi connectivity index (χ3n) is 4.95. The van der Waals surface area contributed by atoms with Gasteiger partial charge in [0, 0.05) is 5.02 Å². The van der Waals surface area contributed by atoms with E-state index in [-0.39, 0.29) is 22.9 Å². The molecule has 34 heavy (non-hydrogen) atoms. The fraction of sp³-hybridized carbons (Fsp3) is 0.217. The van der Waals surface area contributed by atoms with Gasteiger partial charge in [0.15, 0.2) is 0 Å². The first kappa shape index (κ1) is 25.8. The quantitative estimate of drug-likeness (QED) is 0.436. The van der Waals surface area contributed by atoms with Crippen molar-refractivity contribution in [3.05, 3.63) is 83.9 Å². The Labute approximate surface area is 205 Å². The van der Waals surface area contributed by atoms with Crippen molar-refractivity contribution in [2.45, 2.75) is 11.0 Å². The maximum atomic E-state index is 13.5. The molecule has 8 nitrogen and oxygen atoms in total. The summed E-state index contributed by atoms with van der Waals surface area (Å²) in [7, 11) is -6.49. The van der Waals surface area contributed by atoms with Gasteiger partial charge in [-0.2, -0.15) is 0 Å². The summed E-state index contributed by atoms with van der Waals surface area (Å²) in [5.41, 5.74) is 0.506. The maximum Gasteiger partial charge on any atom is 0.264 e. The van der Waals surface area contributed by atoms with Crippen LogP contribution >= 0.6 is 11.6 Å². The van der Waals surface area contributed by atoms with E-state index in [1.54, 1.807) is 42.5 Å². The van der Waals surface area contributed by atoms with Crippen molar-refractivity contribution >= 4 is 43.0 Å². The van der Waals surface area contributed by atoms with Gasteiger partial charge in [0.2, 0.25) is 10.0 Å². The van der Waals surface area contributed by atoms with Crippen molar-refractivity contribution in [2.24, 2.45) is 0 Å². The van der Waals surface area contributed by atoms with Crippen LogP contribution in [0.2, 0.25) is 5.02 Å². The Morgan fingerprint density at radius 1 is 0.853 bits per heavy atom. The molecule has 3 rings (SSSR count). The summed E-state index contributed by atoms with van der Waals surface area (Å²) in [5.74, 6) is 0.284. The number of benzene rings is 3. The van der Waals surface area contributed by atoms with Crippen LogP contribution in [-0.4, -0.2) is 54.5 Å². The first-order valence-corrected chi connectivity index (χ1v) is 13.8. The van der Waals surface area contributed by atoms with Crippen molar-refractivity contribution in [2.75, 3.05) is 35.1 Å². The molecular weight excluding hydrogens is 500 g/mol. The number of aliphatic hydroxyl groups is 1. The van der Waals surface area contributed by atoms with Crippen molar-refractivity contribution in [1.82, 2.24) is 0 Å². The lowest BCUT2D eigenvalue weighted by Gasteiger charge is -2.30. The van der Waals surface area contributed by atoms with Gasteiger partial charge in [0.1, 0.15) is 5.75 Å². The molecule has 0 aromatic heterocycles. The Balaban J connectivity index is 1.99. The van der Waals surface area contributed by atoms with Gasteiger partial charge in [-0.3, -0.25) is 8.61 Å². The highest BCUT2D eigenvalue weighted by Gasteiger charge is 2.31. The number of ether oxygens (including phenoxy) is 1. The summed E-state index contributed by atoms with van der Waals surface area (Å²) < 4.78 is 59.4. The molecule has 1 N–H and O–H groups in total. The number of aliphatic hydroxyl groups excluding tert-OH is 1. The number of hydrogen-bond acceptors (Lipinski definition) is 6. The van der Waals surface area contributed by atoms with E-state index >= 15 is 0 Å². The molecule has 182 valence electrons. The molecule has 0 saturated heterocycles. The molecule has 0 heterocycles. The van der Waals surface area contributed by atoms with Gasteiger partial charge in [-0.05, 0) is 48.5 Å². The van der Waals surface area contributed by atoms with E-state index in [0.29, 0.717) is 10.7 Å². The van der Waals surface area contributed by atoms with Crippen LogP contribution in [-0.2, 0) is 20.0 Å². The van der Waals surface area contributed by atoms with E-state index in [1.807, 2.05) is 0 Å². The van der Waals surface area contributed by atoms with E-state index < -0.39 is 32.7 Å². The zero-order valence-corrected chi connectivity index (χ0v) is 21.0. The minimum absolute atomic E-state index is 0.0192. The fourth-order valence-electron chi connectivity index (χ4n) is 3.36. The standard InChI is InChI=1S/C23H25ClN2O6S2/c1-32-23-11-7-6-10-22(23)26(34(30,31)21-8-4-3-5-9-21)17-20(27)16-25(33(2,28)29)19-14-12-18(24)13-15-19/h3-15,20,27H,16-17H2,1-2H3. The average Bonchev–Trinajstić information content (AvgIpc) is 2.81. The summed E-state index contributed by atoms with van der Waals surface area (Å²) in [4.78, 5) is 0.0192. The number of nitrogens with zero attached hydrogens (tertiary/aromatic N) is 2. The Bertz CT molecular complexity index is 1320. The molecule has 0 amide bonds. The average molecular weight is 525 g/mol. The van der Waals surface area contributed by atoms with Gasteiger partial charge in [0.05, 0.1) is 48.8 Å². The van der Waals surface area contributed by atoms with E-state index in [1.165, 1.54) is 43.5 Å². The zero-order chi connectivity index (χ0) is 24.9. The molecule has 1 atom stereocenters. The van der Waals surface area contributed by atoms with Gasteiger partial charge in [-0.25, -0.2) is 16.8 Å². The smallest absolute Gasteiger partial charge is 0.264 e. The highest BCUT2D eigenvalue weighted by Crippen LogP contribution is 2.32. The molecule has 0 spiro atoms. The molecule has 0 fully saturated rings. The first-order chi connectivity index (χ1) is 16.0. The van der Waals surface area contributed by atoms with Gasteiger partial charge in [-0.1, -0.05) is 41.9 Å². The molecule has 3 aromatic carbocycles. The molecule has 0 aliphatic heterocycles. The second-order valence-electron chi connectivity index (χ2n) is 7.45. The summed E-state index contributed by atoms with van der Waals surface area (Å²) in [6, 6.07) is 20.3.